The summed E-state index contributed by atoms with van der Waals surface area (Å²) in [5.41, 5.74) is 4.10. The second-order valence-electron chi connectivity index (χ2n) is 9.64. The van der Waals surface area contributed by atoms with Crippen LogP contribution in [0.1, 0.15) is 49.7 Å². The summed E-state index contributed by atoms with van der Waals surface area (Å²) in [6, 6.07) is 16.2. The SMILES string of the molecule is O=C(C[NH+]1CCCCC1)Nc1ccc(Cc2ccc(NC(=O)C[NH+]3CCCCC3)cc2)cc1. The number of hydrogen-bond donors (Lipinski definition) is 4. The fourth-order valence-corrected chi connectivity index (χ4v) is 4.97. The molecule has 2 aliphatic rings. The lowest BCUT2D eigenvalue weighted by atomic mass is 10.0. The zero-order valence-electron chi connectivity index (χ0n) is 19.6. The molecule has 6 heteroatoms. The van der Waals surface area contributed by atoms with Crippen molar-refractivity contribution in [2.24, 2.45) is 0 Å². The lowest BCUT2D eigenvalue weighted by Crippen LogP contribution is -3.13. The molecule has 0 unspecified atom stereocenters. The molecule has 4 rings (SSSR count). The number of quaternary nitrogens is 2. The van der Waals surface area contributed by atoms with Crippen molar-refractivity contribution < 1.29 is 19.4 Å². The first-order valence-corrected chi connectivity index (χ1v) is 12.6. The van der Waals surface area contributed by atoms with Crippen LogP contribution in [0.4, 0.5) is 11.4 Å². The molecule has 4 N–H and O–H groups in total. The number of likely N-dealkylation sites (tertiary alicyclic amines) is 2. The Balaban J connectivity index is 1.22. The molecule has 2 amide bonds. The van der Waals surface area contributed by atoms with Gasteiger partial charge in [0, 0.05) is 11.4 Å². The zero-order chi connectivity index (χ0) is 22.9. The summed E-state index contributed by atoms with van der Waals surface area (Å²) in [5, 5.41) is 6.07. The number of benzene rings is 2. The van der Waals surface area contributed by atoms with Gasteiger partial charge in [0.25, 0.3) is 11.8 Å². The highest BCUT2D eigenvalue weighted by molar-refractivity contribution is 5.92. The van der Waals surface area contributed by atoms with Crippen LogP contribution in [0, 0.1) is 0 Å². The molecule has 6 nitrogen and oxygen atoms in total. The Morgan fingerprint density at radius 3 is 1.30 bits per heavy atom. The molecular formula is C27H38N4O2+2. The third-order valence-electron chi connectivity index (χ3n) is 6.83. The van der Waals surface area contributed by atoms with Crippen molar-refractivity contribution in [2.75, 3.05) is 49.9 Å². The van der Waals surface area contributed by atoms with Crippen LogP contribution in [-0.4, -0.2) is 51.1 Å². The van der Waals surface area contributed by atoms with Crippen LogP contribution in [0.5, 0.6) is 0 Å². The van der Waals surface area contributed by atoms with Crippen LogP contribution in [-0.2, 0) is 16.0 Å². The van der Waals surface area contributed by atoms with Gasteiger partial charge in [-0.2, -0.15) is 0 Å². The Bertz CT molecular complexity index is 823. The summed E-state index contributed by atoms with van der Waals surface area (Å²) in [7, 11) is 0. The summed E-state index contributed by atoms with van der Waals surface area (Å²) >= 11 is 0. The van der Waals surface area contributed by atoms with E-state index in [2.05, 4.69) is 34.9 Å². The van der Waals surface area contributed by atoms with Gasteiger partial charge < -0.3 is 20.4 Å². The molecule has 33 heavy (non-hydrogen) atoms. The van der Waals surface area contributed by atoms with E-state index in [0.29, 0.717) is 13.1 Å². The summed E-state index contributed by atoms with van der Waals surface area (Å²) < 4.78 is 0. The molecule has 2 fully saturated rings. The molecule has 0 aliphatic carbocycles. The summed E-state index contributed by atoms with van der Waals surface area (Å²) in [6.45, 7) is 5.54. The molecule has 2 saturated heterocycles. The zero-order valence-corrected chi connectivity index (χ0v) is 19.6. The average molecular weight is 451 g/mol. The number of nitrogens with one attached hydrogen (secondary N) is 4. The highest BCUT2D eigenvalue weighted by Crippen LogP contribution is 2.16. The Hall–Kier alpha value is -2.70. The van der Waals surface area contributed by atoms with Crippen molar-refractivity contribution >= 4 is 23.2 Å². The van der Waals surface area contributed by atoms with Gasteiger partial charge in [0.1, 0.15) is 0 Å². The van der Waals surface area contributed by atoms with Gasteiger partial charge in [-0.05, 0) is 80.3 Å². The van der Waals surface area contributed by atoms with Crippen molar-refractivity contribution in [3.63, 3.8) is 0 Å². The quantitative estimate of drug-likeness (QED) is 0.490. The third kappa shape index (κ3) is 7.69. The molecule has 2 aliphatic heterocycles. The number of rotatable bonds is 8. The number of anilines is 2. The van der Waals surface area contributed by atoms with Gasteiger partial charge in [0.2, 0.25) is 0 Å². The van der Waals surface area contributed by atoms with Gasteiger partial charge in [-0.3, -0.25) is 9.59 Å². The van der Waals surface area contributed by atoms with E-state index in [1.165, 1.54) is 59.5 Å². The second kappa shape index (κ2) is 12.0. The monoisotopic (exact) mass is 450 g/mol. The van der Waals surface area contributed by atoms with Crippen LogP contribution in [0.2, 0.25) is 0 Å². The minimum absolute atomic E-state index is 0.0965. The lowest BCUT2D eigenvalue weighted by Gasteiger charge is -2.22. The summed E-state index contributed by atoms with van der Waals surface area (Å²) in [6.07, 6.45) is 8.31. The predicted octanol–water partition coefficient (Wildman–Crippen LogP) is 1.29. The van der Waals surface area contributed by atoms with Crippen LogP contribution < -0.4 is 20.4 Å². The normalized spacial score (nSPS) is 17.5. The van der Waals surface area contributed by atoms with Gasteiger partial charge in [-0.1, -0.05) is 24.3 Å². The molecule has 0 saturated carbocycles. The van der Waals surface area contributed by atoms with E-state index in [4.69, 9.17) is 0 Å². The molecule has 0 spiro atoms. The molecule has 2 aromatic carbocycles. The molecule has 176 valence electrons. The predicted molar refractivity (Wildman–Crippen MR) is 132 cm³/mol. The van der Waals surface area contributed by atoms with E-state index in [0.717, 1.165) is 44.0 Å². The molecule has 0 radical (unpaired) electrons. The van der Waals surface area contributed by atoms with Crippen molar-refractivity contribution in [1.82, 2.24) is 0 Å². The van der Waals surface area contributed by atoms with Crippen LogP contribution in [0.25, 0.3) is 0 Å². The van der Waals surface area contributed by atoms with E-state index in [1.54, 1.807) is 0 Å². The standard InChI is InChI=1S/C27H36N4O2/c32-26(20-30-15-3-1-4-16-30)28-24-11-7-22(8-12-24)19-23-9-13-25(14-10-23)29-27(33)21-31-17-5-2-6-18-31/h7-14H,1-6,15-21H2,(H,28,32)(H,29,33)/p+2. The molecule has 2 heterocycles. The number of carbonyl (C=O) groups is 2. The average Bonchev–Trinajstić information content (AvgIpc) is 2.83. The fraction of sp³-hybridized carbons (Fsp3) is 0.481. The Labute approximate surface area is 197 Å². The third-order valence-corrected chi connectivity index (χ3v) is 6.83. The van der Waals surface area contributed by atoms with E-state index in [1.807, 2.05) is 24.3 Å². The second-order valence-corrected chi connectivity index (χ2v) is 9.64. The van der Waals surface area contributed by atoms with Gasteiger partial charge in [0.15, 0.2) is 13.1 Å². The van der Waals surface area contributed by atoms with Crippen molar-refractivity contribution in [2.45, 2.75) is 44.9 Å². The van der Waals surface area contributed by atoms with Gasteiger partial charge in [0.05, 0.1) is 26.2 Å². The van der Waals surface area contributed by atoms with Gasteiger partial charge in [-0.15, -0.1) is 0 Å². The largest absolute Gasteiger partial charge is 0.327 e. The maximum atomic E-state index is 12.3. The number of hydrogen-bond acceptors (Lipinski definition) is 2. The minimum Gasteiger partial charge on any atom is -0.327 e. The minimum atomic E-state index is 0.0965. The van der Waals surface area contributed by atoms with Gasteiger partial charge >= 0.3 is 0 Å². The number of piperidine rings is 2. The Morgan fingerprint density at radius 1 is 0.576 bits per heavy atom. The highest BCUT2D eigenvalue weighted by atomic mass is 16.2. The first kappa shape index (κ1) is 23.5. The van der Waals surface area contributed by atoms with Crippen LogP contribution in [0.15, 0.2) is 48.5 Å². The number of carbonyl (C=O) groups excluding carboxylic acids is 2. The smallest absolute Gasteiger partial charge is 0.279 e. The molecule has 0 atom stereocenters. The highest BCUT2D eigenvalue weighted by Gasteiger charge is 2.18. The molecule has 0 bridgehead atoms. The van der Waals surface area contributed by atoms with E-state index in [9.17, 15) is 9.59 Å². The lowest BCUT2D eigenvalue weighted by molar-refractivity contribution is -0.896. The van der Waals surface area contributed by atoms with Crippen molar-refractivity contribution in [3.05, 3.63) is 59.7 Å². The maximum Gasteiger partial charge on any atom is 0.279 e. The van der Waals surface area contributed by atoms with Crippen LogP contribution >= 0.6 is 0 Å². The fourth-order valence-electron chi connectivity index (χ4n) is 4.97. The first-order chi connectivity index (χ1) is 16.1. The van der Waals surface area contributed by atoms with Gasteiger partial charge in [-0.25, -0.2) is 0 Å². The molecule has 2 aromatic rings. The van der Waals surface area contributed by atoms with Crippen molar-refractivity contribution in [3.8, 4) is 0 Å². The Morgan fingerprint density at radius 2 is 0.939 bits per heavy atom. The summed E-state index contributed by atoms with van der Waals surface area (Å²) in [5.74, 6) is 0.193. The summed E-state index contributed by atoms with van der Waals surface area (Å²) in [4.78, 5) is 27.4. The van der Waals surface area contributed by atoms with Crippen molar-refractivity contribution in [1.29, 1.82) is 0 Å². The Kier molecular flexibility index (Phi) is 8.50. The number of amides is 2. The van der Waals surface area contributed by atoms with E-state index in [-0.39, 0.29) is 11.8 Å². The molecule has 0 aromatic heterocycles. The maximum absolute atomic E-state index is 12.3. The van der Waals surface area contributed by atoms with E-state index < -0.39 is 0 Å². The molecular weight excluding hydrogens is 412 g/mol. The van der Waals surface area contributed by atoms with E-state index >= 15 is 0 Å². The van der Waals surface area contributed by atoms with Crippen LogP contribution in [0.3, 0.4) is 0 Å². The first-order valence-electron chi connectivity index (χ1n) is 12.6. The topological polar surface area (TPSA) is 67.1 Å².